The number of benzene rings is 2. The van der Waals surface area contributed by atoms with Gasteiger partial charge in [0.25, 0.3) is 5.91 Å². The molecule has 2 aromatic carbocycles. The van der Waals surface area contributed by atoms with E-state index in [1.165, 1.54) is 12.1 Å². The molecule has 1 aliphatic rings. The second-order valence-corrected chi connectivity index (χ2v) is 9.90. The Morgan fingerprint density at radius 2 is 1.89 bits per heavy atom. The summed E-state index contributed by atoms with van der Waals surface area (Å²) < 4.78 is 15.2. The van der Waals surface area contributed by atoms with Crippen LogP contribution < -0.4 is 5.32 Å². The number of aromatic nitrogens is 1. The first-order valence-electron chi connectivity index (χ1n) is 11.8. The number of fused-ring (bicyclic) bond motifs is 1. The maximum Gasteiger partial charge on any atom is 0.272 e. The molecule has 0 aliphatic carbocycles. The molecular weight excluding hydrogens is 471 g/mol. The summed E-state index contributed by atoms with van der Waals surface area (Å²) in [4.78, 5) is 47.1. The van der Waals surface area contributed by atoms with Crippen LogP contribution >= 0.6 is 0 Å². The van der Waals surface area contributed by atoms with Crippen molar-refractivity contribution >= 4 is 40.8 Å². The summed E-state index contributed by atoms with van der Waals surface area (Å²) in [6.07, 6.45) is 2.64. The van der Waals surface area contributed by atoms with Crippen molar-refractivity contribution in [2.24, 2.45) is 12.0 Å². The van der Waals surface area contributed by atoms with Gasteiger partial charge in [0.2, 0.25) is 17.3 Å². The second-order valence-electron chi connectivity index (χ2n) is 9.90. The largest absolute Gasteiger partial charge is 0.343 e. The molecule has 0 unspecified atom stereocenters. The number of hydrogen-bond donors (Lipinski definition) is 1. The molecule has 4 rings (SSSR count). The second kappa shape index (κ2) is 9.58. The Hall–Kier alpha value is -4.38. The molecule has 0 saturated heterocycles. The zero-order valence-corrected chi connectivity index (χ0v) is 21.4. The number of carbonyl (C=O) groups excluding carboxylic acids is 3. The van der Waals surface area contributed by atoms with Gasteiger partial charge in [-0.2, -0.15) is 0 Å². The molecule has 3 aromatic rings. The number of halogens is 1. The van der Waals surface area contributed by atoms with Crippen molar-refractivity contribution < 1.29 is 18.8 Å². The highest BCUT2D eigenvalue weighted by Gasteiger charge is 2.33. The summed E-state index contributed by atoms with van der Waals surface area (Å²) in [5.41, 5.74) is 3.67. The third kappa shape index (κ3) is 4.73. The molecule has 0 spiro atoms. The Labute approximate surface area is 214 Å². The van der Waals surface area contributed by atoms with Crippen molar-refractivity contribution in [2.75, 3.05) is 5.32 Å². The summed E-state index contributed by atoms with van der Waals surface area (Å²) in [5, 5.41) is 2.65. The van der Waals surface area contributed by atoms with Gasteiger partial charge in [-0.3, -0.25) is 19.4 Å². The predicted octanol–water partition coefficient (Wildman–Crippen LogP) is 5.96. The van der Waals surface area contributed by atoms with Crippen LogP contribution in [-0.2, 0) is 23.7 Å². The van der Waals surface area contributed by atoms with Gasteiger partial charge >= 0.3 is 0 Å². The summed E-state index contributed by atoms with van der Waals surface area (Å²) in [6, 6.07) is 9.65. The third-order valence-corrected chi connectivity index (χ3v) is 6.96. The van der Waals surface area contributed by atoms with E-state index in [9.17, 15) is 18.8 Å². The minimum atomic E-state index is -0.680. The van der Waals surface area contributed by atoms with E-state index < -0.39 is 28.7 Å². The lowest BCUT2D eigenvalue weighted by atomic mass is 9.78. The molecule has 0 fully saturated rings. The highest BCUT2D eigenvalue weighted by Crippen LogP contribution is 2.34. The summed E-state index contributed by atoms with van der Waals surface area (Å²) in [5.74, 6) is -2.40. The molecule has 37 heavy (non-hydrogen) atoms. The van der Waals surface area contributed by atoms with E-state index in [1.54, 1.807) is 25.5 Å². The number of ketones is 2. The number of nitrogens with one attached hydrogen (secondary N) is 1. The zero-order chi connectivity index (χ0) is 27.1. The van der Waals surface area contributed by atoms with Crippen LogP contribution in [0.3, 0.4) is 0 Å². The first-order valence-corrected chi connectivity index (χ1v) is 11.8. The molecule has 8 heteroatoms. The van der Waals surface area contributed by atoms with Crippen LogP contribution in [0, 0.1) is 26.2 Å². The lowest BCUT2D eigenvalue weighted by Gasteiger charge is -2.24. The number of hydrogen-bond acceptors (Lipinski definition) is 4. The Morgan fingerprint density at radius 1 is 1.16 bits per heavy atom. The van der Waals surface area contributed by atoms with E-state index in [1.807, 2.05) is 38.3 Å². The molecule has 0 saturated carbocycles. The summed E-state index contributed by atoms with van der Waals surface area (Å²) in [6.45, 7) is 14.2. The average molecular weight is 499 g/mol. The van der Waals surface area contributed by atoms with Gasteiger partial charge in [0.05, 0.1) is 17.8 Å². The smallest absolute Gasteiger partial charge is 0.272 e. The Balaban J connectivity index is 1.58. The van der Waals surface area contributed by atoms with Crippen molar-refractivity contribution in [3.05, 3.63) is 87.3 Å². The standard InChI is InChI=1S/C29H27FN4O3/c1-16-25(17(2)34(6)26(16)28(37)33-20-9-10-21(30)23(14-20)31-5)27(36)24(35)15-29(3,4)19-8-7-18-11-12-32-22(18)13-19/h7-10,12-14H,11,15H2,1-4,6H3,(H,33,37). The highest BCUT2D eigenvalue weighted by atomic mass is 19.1. The monoisotopic (exact) mass is 498 g/mol. The van der Waals surface area contributed by atoms with Crippen LogP contribution in [0.1, 0.15) is 63.5 Å². The average Bonchev–Trinajstić information content (AvgIpc) is 3.41. The number of rotatable bonds is 7. The number of aliphatic imine (C=N–C) groups is 1. The SMILES string of the molecule is [C-]#[N+]c1cc(NC(=O)c2c(C)c(C(=O)C(=O)CC(C)(C)c3ccc4c(c3)N=CC4)c(C)n2C)ccc1F. The molecule has 0 bridgehead atoms. The molecule has 188 valence electrons. The first kappa shape index (κ1) is 25.7. The van der Waals surface area contributed by atoms with Crippen LogP contribution in [0.4, 0.5) is 21.5 Å². The van der Waals surface area contributed by atoms with E-state index in [0.29, 0.717) is 11.3 Å². The Bertz CT molecular complexity index is 1540. The molecule has 2 heterocycles. The van der Waals surface area contributed by atoms with Crippen LogP contribution in [0.25, 0.3) is 4.85 Å². The Kier molecular flexibility index (Phi) is 6.66. The van der Waals surface area contributed by atoms with Crippen LogP contribution in [-0.4, -0.2) is 28.3 Å². The van der Waals surface area contributed by atoms with Gasteiger partial charge in [0.15, 0.2) is 0 Å². The van der Waals surface area contributed by atoms with Gasteiger partial charge in [-0.15, -0.1) is 0 Å². The van der Waals surface area contributed by atoms with Crippen LogP contribution in [0.2, 0.25) is 0 Å². The van der Waals surface area contributed by atoms with Gasteiger partial charge in [-0.1, -0.05) is 26.0 Å². The minimum absolute atomic E-state index is 0.00137. The molecule has 1 N–H and O–H groups in total. The molecule has 0 atom stereocenters. The lowest BCUT2D eigenvalue weighted by molar-refractivity contribution is -0.116. The maximum absolute atomic E-state index is 13.7. The Morgan fingerprint density at radius 3 is 2.59 bits per heavy atom. The topological polar surface area (TPSA) is 84.9 Å². The third-order valence-electron chi connectivity index (χ3n) is 6.96. The van der Waals surface area contributed by atoms with Crippen LogP contribution in [0.5, 0.6) is 0 Å². The van der Waals surface area contributed by atoms with E-state index in [0.717, 1.165) is 29.3 Å². The molecule has 7 nitrogen and oxygen atoms in total. The van der Waals surface area contributed by atoms with Gasteiger partial charge in [-0.25, -0.2) is 9.24 Å². The fraction of sp³-hybridized carbons (Fsp3) is 0.276. The van der Waals surface area contributed by atoms with Gasteiger partial charge in [0, 0.05) is 37.5 Å². The normalized spacial score (nSPS) is 12.2. The van der Waals surface area contributed by atoms with E-state index in [2.05, 4.69) is 15.2 Å². The van der Waals surface area contributed by atoms with E-state index in [4.69, 9.17) is 6.57 Å². The maximum atomic E-state index is 13.7. The number of anilines is 1. The van der Waals surface area contributed by atoms with Crippen molar-refractivity contribution in [1.29, 1.82) is 0 Å². The fourth-order valence-corrected chi connectivity index (χ4v) is 4.74. The first-order chi connectivity index (χ1) is 17.4. The van der Waals surface area contributed by atoms with Gasteiger partial charge in [0.1, 0.15) is 11.5 Å². The van der Waals surface area contributed by atoms with Crippen molar-refractivity contribution in [3.8, 4) is 0 Å². The zero-order valence-electron chi connectivity index (χ0n) is 21.4. The highest BCUT2D eigenvalue weighted by molar-refractivity contribution is 6.44. The lowest BCUT2D eigenvalue weighted by Crippen LogP contribution is -2.27. The van der Waals surface area contributed by atoms with Gasteiger partial charge < -0.3 is 9.88 Å². The van der Waals surface area contributed by atoms with Gasteiger partial charge in [-0.05, 0) is 60.2 Å². The number of carbonyl (C=O) groups is 3. The molecule has 1 aromatic heterocycles. The van der Waals surface area contributed by atoms with Crippen molar-refractivity contribution in [2.45, 2.75) is 46.0 Å². The number of Topliss-reactive ketones (excluding diaryl/α,β-unsaturated/α-hetero) is 2. The van der Waals surface area contributed by atoms with Crippen molar-refractivity contribution in [1.82, 2.24) is 4.57 Å². The minimum Gasteiger partial charge on any atom is -0.343 e. The predicted molar refractivity (Wildman–Crippen MR) is 141 cm³/mol. The molecule has 0 radical (unpaired) electrons. The number of amides is 1. The van der Waals surface area contributed by atoms with Crippen LogP contribution in [0.15, 0.2) is 41.4 Å². The van der Waals surface area contributed by atoms with E-state index >= 15 is 0 Å². The molecule has 1 aliphatic heterocycles. The number of nitrogens with zero attached hydrogens (tertiary/aromatic N) is 3. The molecule has 1 amide bonds. The quantitative estimate of drug-likeness (QED) is 0.248. The summed E-state index contributed by atoms with van der Waals surface area (Å²) >= 11 is 0. The van der Waals surface area contributed by atoms with E-state index in [-0.39, 0.29) is 29.1 Å². The fourth-order valence-electron chi connectivity index (χ4n) is 4.74. The summed E-state index contributed by atoms with van der Waals surface area (Å²) in [7, 11) is 1.64. The van der Waals surface area contributed by atoms with Crippen molar-refractivity contribution in [3.63, 3.8) is 0 Å². The molecular formula is C29H27FN4O3.